The van der Waals surface area contributed by atoms with Gasteiger partial charge in [0.15, 0.2) is 0 Å². The van der Waals surface area contributed by atoms with Crippen molar-refractivity contribution in [2.75, 3.05) is 11.5 Å². The van der Waals surface area contributed by atoms with Crippen LogP contribution in [-0.2, 0) is 15.3 Å². The van der Waals surface area contributed by atoms with E-state index in [4.69, 9.17) is 0 Å². The maximum atomic E-state index is 13.4. The van der Waals surface area contributed by atoms with Gasteiger partial charge in [0.05, 0.1) is 11.5 Å². The van der Waals surface area contributed by atoms with Crippen LogP contribution in [0.3, 0.4) is 0 Å². The number of carbonyl (C=O) groups excluding carboxylic acids is 2. The molecule has 0 aliphatic rings. The van der Waals surface area contributed by atoms with Gasteiger partial charge in [-0.05, 0) is 23.6 Å². The van der Waals surface area contributed by atoms with Crippen molar-refractivity contribution in [3.8, 4) is 0 Å². The van der Waals surface area contributed by atoms with E-state index in [1.165, 1.54) is 22.7 Å². The summed E-state index contributed by atoms with van der Waals surface area (Å²) in [5.74, 6) is 0.0506. The van der Waals surface area contributed by atoms with E-state index in [1.807, 2.05) is 17.5 Å². The van der Waals surface area contributed by atoms with Crippen molar-refractivity contribution in [2.45, 2.75) is 10.6 Å². The first kappa shape index (κ1) is 17.8. The quantitative estimate of drug-likeness (QED) is 0.581. The molecule has 0 spiro atoms. The van der Waals surface area contributed by atoms with Gasteiger partial charge in [-0.1, -0.05) is 18.2 Å². The number of hydrazine groups is 1. The van der Waals surface area contributed by atoms with Crippen LogP contribution in [-0.4, -0.2) is 23.3 Å². The zero-order chi connectivity index (χ0) is 16.5. The van der Waals surface area contributed by atoms with Crippen LogP contribution >= 0.6 is 34.9 Å². The summed E-state index contributed by atoms with van der Waals surface area (Å²) in [5, 5.41) is 1.99. The van der Waals surface area contributed by atoms with Crippen LogP contribution < -0.4 is 10.9 Å². The van der Waals surface area contributed by atoms with Crippen LogP contribution in [0.25, 0.3) is 0 Å². The van der Waals surface area contributed by atoms with Crippen molar-refractivity contribution in [3.63, 3.8) is 0 Å². The van der Waals surface area contributed by atoms with E-state index < -0.39 is 0 Å². The average molecular weight is 370 g/mol. The first-order valence-electron chi connectivity index (χ1n) is 6.70. The summed E-state index contributed by atoms with van der Waals surface area (Å²) >= 11 is 4.20. The maximum absolute atomic E-state index is 13.4. The highest BCUT2D eigenvalue weighted by Gasteiger charge is 2.08. The molecule has 0 radical (unpaired) electrons. The molecule has 1 aromatic carbocycles. The van der Waals surface area contributed by atoms with Crippen molar-refractivity contribution >= 4 is 46.7 Å². The second-order valence-electron chi connectivity index (χ2n) is 4.39. The van der Waals surface area contributed by atoms with E-state index in [2.05, 4.69) is 10.9 Å². The standard InChI is InChI=1S/C15H15FN2O2S3/c16-12-5-1-2-6-13(12)23-10-15(20)18-17-14(19)9-21-8-11-4-3-7-22-11/h1-7H,8-10H2,(H,17,19)(H,18,20). The molecule has 0 fully saturated rings. The van der Waals surface area contributed by atoms with Gasteiger partial charge in [-0.3, -0.25) is 20.4 Å². The lowest BCUT2D eigenvalue weighted by atomic mass is 10.3. The van der Waals surface area contributed by atoms with E-state index in [1.54, 1.807) is 29.5 Å². The molecule has 2 N–H and O–H groups in total. The van der Waals surface area contributed by atoms with Crippen LogP contribution in [0.5, 0.6) is 0 Å². The summed E-state index contributed by atoms with van der Waals surface area (Å²) in [6.07, 6.45) is 0. The number of thiophene rings is 1. The smallest absolute Gasteiger partial charge is 0.248 e. The number of rotatable bonds is 7. The highest BCUT2D eigenvalue weighted by atomic mass is 32.2. The number of amides is 2. The fourth-order valence-electron chi connectivity index (χ4n) is 1.56. The predicted molar refractivity (Wildman–Crippen MR) is 93.9 cm³/mol. The molecule has 0 unspecified atom stereocenters. The molecule has 0 saturated carbocycles. The number of halogens is 1. The normalized spacial score (nSPS) is 10.3. The summed E-state index contributed by atoms with van der Waals surface area (Å²) in [4.78, 5) is 24.8. The van der Waals surface area contributed by atoms with E-state index >= 15 is 0 Å². The number of benzene rings is 1. The molecule has 8 heteroatoms. The summed E-state index contributed by atoms with van der Waals surface area (Å²) in [6, 6.07) is 10.2. The number of hydrogen-bond acceptors (Lipinski definition) is 5. The fourth-order valence-corrected chi connectivity index (χ4v) is 3.96. The van der Waals surface area contributed by atoms with E-state index in [9.17, 15) is 14.0 Å². The molecule has 2 rings (SSSR count). The summed E-state index contributed by atoms with van der Waals surface area (Å²) in [5.41, 5.74) is 4.67. The summed E-state index contributed by atoms with van der Waals surface area (Å²) in [6.45, 7) is 0. The Labute approximate surface area is 146 Å². The lowest BCUT2D eigenvalue weighted by Crippen LogP contribution is -2.43. The van der Waals surface area contributed by atoms with Crippen molar-refractivity contribution in [3.05, 3.63) is 52.5 Å². The Morgan fingerprint density at radius 1 is 1.04 bits per heavy atom. The molecule has 1 heterocycles. The Bertz CT molecular complexity index is 650. The molecule has 1 aromatic heterocycles. The second-order valence-corrected chi connectivity index (χ2v) is 7.42. The highest BCUT2D eigenvalue weighted by Crippen LogP contribution is 2.20. The van der Waals surface area contributed by atoms with Crippen LogP contribution in [0, 0.1) is 5.82 Å². The molecule has 4 nitrogen and oxygen atoms in total. The molecule has 2 aromatic rings. The van der Waals surface area contributed by atoms with Crippen LogP contribution in [0.1, 0.15) is 4.88 Å². The van der Waals surface area contributed by atoms with Gasteiger partial charge < -0.3 is 0 Å². The van der Waals surface area contributed by atoms with Gasteiger partial charge >= 0.3 is 0 Å². The van der Waals surface area contributed by atoms with Crippen molar-refractivity contribution in [1.29, 1.82) is 0 Å². The Morgan fingerprint density at radius 2 is 1.78 bits per heavy atom. The zero-order valence-corrected chi connectivity index (χ0v) is 14.5. The molecule has 0 aliphatic heterocycles. The molecule has 0 aliphatic carbocycles. The van der Waals surface area contributed by atoms with Crippen molar-refractivity contribution in [1.82, 2.24) is 10.9 Å². The van der Waals surface area contributed by atoms with Crippen LogP contribution in [0.2, 0.25) is 0 Å². The SMILES string of the molecule is O=C(CSCc1cccs1)NNC(=O)CSc1ccccc1F. The van der Waals surface area contributed by atoms with Crippen LogP contribution in [0.15, 0.2) is 46.7 Å². The zero-order valence-electron chi connectivity index (χ0n) is 12.1. The average Bonchev–Trinajstić information content (AvgIpc) is 3.05. The predicted octanol–water partition coefficient (Wildman–Crippen LogP) is 3.06. The minimum atomic E-state index is -0.380. The van der Waals surface area contributed by atoms with E-state index in [0.717, 1.165) is 17.5 Å². The largest absolute Gasteiger partial charge is 0.272 e. The first-order chi connectivity index (χ1) is 11.1. The van der Waals surface area contributed by atoms with Gasteiger partial charge in [0.2, 0.25) is 11.8 Å². The number of hydrogen-bond donors (Lipinski definition) is 2. The molecular formula is C15H15FN2O2S3. The molecule has 122 valence electrons. The fraction of sp³-hybridized carbons (Fsp3) is 0.200. The van der Waals surface area contributed by atoms with Gasteiger partial charge in [-0.2, -0.15) is 0 Å². The van der Waals surface area contributed by atoms with Gasteiger partial charge in [-0.15, -0.1) is 34.9 Å². The molecule has 0 atom stereocenters. The van der Waals surface area contributed by atoms with Gasteiger partial charge in [0.1, 0.15) is 5.82 Å². The molecule has 23 heavy (non-hydrogen) atoms. The maximum Gasteiger partial charge on any atom is 0.248 e. The monoisotopic (exact) mass is 370 g/mol. The minimum absolute atomic E-state index is 0.0313. The molecule has 0 bridgehead atoms. The number of thioether (sulfide) groups is 2. The van der Waals surface area contributed by atoms with Crippen molar-refractivity contribution in [2.24, 2.45) is 0 Å². The molecular weight excluding hydrogens is 355 g/mol. The third-order valence-corrected chi connectivity index (χ3v) is 5.68. The van der Waals surface area contributed by atoms with Gasteiger partial charge in [0.25, 0.3) is 0 Å². The minimum Gasteiger partial charge on any atom is -0.272 e. The molecule has 0 saturated heterocycles. The number of carbonyl (C=O) groups is 2. The topological polar surface area (TPSA) is 58.2 Å². The Kier molecular flexibility index (Phi) is 7.44. The molecule has 2 amide bonds. The van der Waals surface area contributed by atoms with Gasteiger partial charge in [0, 0.05) is 15.5 Å². The van der Waals surface area contributed by atoms with Crippen molar-refractivity contribution < 1.29 is 14.0 Å². The first-order valence-corrected chi connectivity index (χ1v) is 9.72. The second kappa shape index (κ2) is 9.59. The van der Waals surface area contributed by atoms with Crippen LogP contribution in [0.4, 0.5) is 4.39 Å². The Balaban J connectivity index is 1.60. The van der Waals surface area contributed by atoms with Gasteiger partial charge in [-0.25, -0.2) is 4.39 Å². The lowest BCUT2D eigenvalue weighted by molar-refractivity contribution is -0.126. The Morgan fingerprint density at radius 3 is 2.48 bits per heavy atom. The third-order valence-electron chi connectivity index (χ3n) is 2.59. The Hall–Kier alpha value is -1.51. The number of nitrogens with one attached hydrogen (secondary N) is 2. The third kappa shape index (κ3) is 6.64. The van der Waals surface area contributed by atoms with E-state index in [-0.39, 0.29) is 29.1 Å². The summed E-state index contributed by atoms with van der Waals surface area (Å²) < 4.78 is 13.4. The summed E-state index contributed by atoms with van der Waals surface area (Å²) in [7, 11) is 0. The highest BCUT2D eigenvalue weighted by molar-refractivity contribution is 8.00. The van der Waals surface area contributed by atoms with E-state index in [0.29, 0.717) is 4.90 Å². The lowest BCUT2D eigenvalue weighted by Gasteiger charge is -2.07.